The molecule has 30 heavy (non-hydrogen) atoms. The fraction of sp³-hybridized carbons (Fsp3) is 0.250. The molecule has 152 valence electrons. The number of aromatic amines is 1. The number of benzene rings is 2. The van der Waals surface area contributed by atoms with E-state index in [9.17, 15) is 9.18 Å². The molecular weight excluding hydrogens is 397 g/mol. The number of fused-ring (bicyclic) bond motifs is 1. The molecule has 2 aromatic heterocycles. The molecule has 6 heteroatoms. The zero-order valence-corrected chi connectivity index (χ0v) is 17.5. The molecule has 0 bridgehead atoms. The fourth-order valence-electron chi connectivity index (χ4n) is 4.16. The van der Waals surface area contributed by atoms with Crippen molar-refractivity contribution in [1.29, 1.82) is 0 Å². The number of H-pyrrole nitrogens is 1. The standard InChI is InChI=1S/C24H22FN3OS/c1-15-22(30-23(26-15)17-6-8-19(25)9-7-17)24(29)28-12-10-16(11-13-28)21-14-18-4-2-3-5-20(18)27-21/h2-9,14,16,27H,10-13H2,1H3. The summed E-state index contributed by atoms with van der Waals surface area (Å²) in [5.74, 6) is 0.216. The molecule has 5 rings (SSSR count). The van der Waals surface area contributed by atoms with Gasteiger partial charge in [0.2, 0.25) is 0 Å². The van der Waals surface area contributed by atoms with Gasteiger partial charge in [0.05, 0.1) is 5.69 Å². The van der Waals surface area contributed by atoms with Crippen LogP contribution in [-0.2, 0) is 0 Å². The summed E-state index contributed by atoms with van der Waals surface area (Å²) in [6, 6.07) is 16.8. The Bertz CT molecular complexity index is 1170. The summed E-state index contributed by atoms with van der Waals surface area (Å²) in [5.41, 5.74) is 4.00. The van der Waals surface area contributed by atoms with E-state index in [0.29, 0.717) is 10.8 Å². The van der Waals surface area contributed by atoms with Crippen molar-refractivity contribution in [2.45, 2.75) is 25.7 Å². The van der Waals surface area contributed by atoms with Crippen LogP contribution in [0.15, 0.2) is 54.6 Å². The number of rotatable bonds is 3. The lowest BCUT2D eigenvalue weighted by Gasteiger charge is -2.31. The summed E-state index contributed by atoms with van der Waals surface area (Å²) < 4.78 is 13.2. The van der Waals surface area contributed by atoms with E-state index in [0.717, 1.165) is 42.2 Å². The molecule has 0 atom stereocenters. The summed E-state index contributed by atoms with van der Waals surface area (Å²) in [6.45, 7) is 3.35. The molecule has 0 unspecified atom stereocenters. The Morgan fingerprint density at radius 1 is 1.13 bits per heavy atom. The molecule has 4 aromatic rings. The molecule has 0 aliphatic carbocycles. The first-order valence-corrected chi connectivity index (χ1v) is 11.0. The highest BCUT2D eigenvalue weighted by Crippen LogP contribution is 2.33. The summed E-state index contributed by atoms with van der Waals surface area (Å²) in [5, 5.41) is 1.99. The Morgan fingerprint density at radius 3 is 2.60 bits per heavy atom. The first-order valence-electron chi connectivity index (χ1n) is 10.2. The number of piperidine rings is 1. The van der Waals surface area contributed by atoms with Crippen LogP contribution in [0.5, 0.6) is 0 Å². The molecule has 0 saturated carbocycles. The van der Waals surface area contributed by atoms with E-state index in [1.807, 2.05) is 17.9 Å². The zero-order chi connectivity index (χ0) is 20.7. The first-order chi connectivity index (χ1) is 14.6. The van der Waals surface area contributed by atoms with E-state index in [-0.39, 0.29) is 11.7 Å². The van der Waals surface area contributed by atoms with E-state index in [1.165, 1.54) is 40.1 Å². The molecule has 0 radical (unpaired) electrons. The van der Waals surface area contributed by atoms with Crippen molar-refractivity contribution in [1.82, 2.24) is 14.9 Å². The SMILES string of the molecule is Cc1nc(-c2ccc(F)cc2)sc1C(=O)N1CCC(c2cc3ccccc3[nH]2)CC1. The molecule has 1 amide bonds. The van der Waals surface area contributed by atoms with Crippen molar-refractivity contribution in [3.8, 4) is 10.6 Å². The van der Waals surface area contributed by atoms with Crippen LogP contribution < -0.4 is 0 Å². The number of nitrogens with one attached hydrogen (secondary N) is 1. The van der Waals surface area contributed by atoms with Crippen molar-refractivity contribution in [2.24, 2.45) is 0 Å². The summed E-state index contributed by atoms with van der Waals surface area (Å²) in [6.07, 6.45) is 1.89. The minimum Gasteiger partial charge on any atom is -0.358 e. The van der Waals surface area contributed by atoms with Crippen LogP contribution in [0.3, 0.4) is 0 Å². The highest BCUT2D eigenvalue weighted by Gasteiger charge is 2.28. The normalized spacial score (nSPS) is 15.1. The van der Waals surface area contributed by atoms with Crippen LogP contribution in [0.1, 0.15) is 39.8 Å². The minimum atomic E-state index is -0.277. The van der Waals surface area contributed by atoms with Gasteiger partial charge in [-0.3, -0.25) is 4.79 Å². The van der Waals surface area contributed by atoms with E-state index >= 15 is 0 Å². The lowest BCUT2D eigenvalue weighted by molar-refractivity contribution is 0.0716. The topological polar surface area (TPSA) is 49.0 Å². The summed E-state index contributed by atoms with van der Waals surface area (Å²) in [4.78, 5) is 23.8. The van der Waals surface area contributed by atoms with Crippen LogP contribution in [0.25, 0.3) is 21.5 Å². The highest BCUT2D eigenvalue weighted by atomic mass is 32.1. The maximum Gasteiger partial charge on any atom is 0.265 e. The van der Waals surface area contributed by atoms with Gasteiger partial charge in [-0.25, -0.2) is 9.37 Å². The minimum absolute atomic E-state index is 0.0495. The molecule has 4 nitrogen and oxygen atoms in total. The second-order valence-electron chi connectivity index (χ2n) is 7.82. The fourth-order valence-corrected chi connectivity index (χ4v) is 5.20. The first kappa shape index (κ1) is 19.0. The van der Waals surface area contributed by atoms with E-state index in [1.54, 1.807) is 12.1 Å². The van der Waals surface area contributed by atoms with Crippen LogP contribution in [0, 0.1) is 12.7 Å². The molecule has 0 spiro atoms. The van der Waals surface area contributed by atoms with Gasteiger partial charge in [0.15, 0.2) is 0 Å². The maximum atomic E-state index is 13.2. The monoisotopic (exact) mass is 419 g/mol. The lowest BCUT2D eigenvalue weighted by Crippen LogP contribution is -2.37. The largest absolute Gasteiger partial charge is 0.358 e. The summed E-state index contributed by atoms with van der Waals surface area (Å²) in [7, 11) is 0. The number of aromatic nitrogens is 2. The smallest absolute Gasteiger partial charge is 0.265 e. The third kappa shape index (κ3) is 3.52. The van der Waals surface area contributed by atoms with Crippen molar-refractivity contribution >= 4 is 28.1 Å². The molecule has 1 aliphatic heterocycles. The third-order valence-corrected chi connectivity index (χ3v) is 7.05. The molecule has 1 aliphatic rings. The highest BCUT2D eigenvalue weighted by molar-refractivity contribution is 7.17. The van der Waals surface area contributed by atoms with Crippen LogP contribution in [0.4, 0.5) is 4.39 Å². The van der Waals surface area contributed by atoms with Crippen LogP contribution in [-0.4, -0.2) is 33.9 Å². The van der Waals surface area contributed by atoms with E-state index < -0.39 is 0 Å². The van der Waals surface area contributed by atoms with E-state index in [4.69, 9.17) is 0 Å². The van der Waals surface area contributed by atoms with Gasteiger partial charge in [-0.2, -0.15) is 0 Å². The molecule has 3 heterocycles. The second kappa shape index (κ2) is 7.69. The predicted molar refractivity (Wildman–Crippen MR) is 118 cm³/mol. The number of hydrogen-bond donors (Lipinski definition) is 1. The van der Waals surface area contributed by atoms with Gasteiger partial charge in [0.25, 0.3) is 5.91 Å². The third-order valence-electron chi connectivity index (χ3n) is 5.85. The Hall–Kier alpha value is -2.99. The number of hydrogen-bond acceptors (Lipinski definition) is 3. The number of amides is 1. The molecule has 1 fully saturated rings. The number of nitrogens with zero attached hydrogens (tertiary/aromatic N) is 2. The summed E-state index contributed by atoms with van der Waals surface area (Å²) >= 11 is 1.39. The van der Waals surface area contributed by atoms with Crippen molar-refractivity contribution in [3.05, 3.63) is 76.7 Å². The zero-order valence-electron chi connectivity index (χ0n) is 16.7. The number of carbonyl (C=O) groups excluding carboxylic acids is 1. The van der Waals surface area contributed by atoms with Gasteiger partial charge in [-0.15, -0.1) is 11.3 Å². The Labute approximate surface area is 178 Å². The van der Waals surface area contributed by atoms with Gasteiger partial charge in [0, 0.05) is 35.8 Å². The Balaban J connectivity index is 1.29. The number of thiazole rings is 1. The number of carbonyl (C=O) groups is 1. The van der Waals surface area contributed by atoms with Crippen molar-refractivity contribution < 1.29 is 9.18 Å². The Morgan fingerprint density at radius 2 is 1.87 bits per heavy atom. The van der Waals surface area contributed by atoms with Gasteiger partial charge >= 0.3 is 0 Å². The molecule has 1 N–H and O–H groups in total. The van der Waals surface area contributed by atoms with Gasteiger partial charge < -0.3 is 9.88 Å². The Kier molecular flexibility index (Phi) is 4.87. The molecule has 2 aromatic carbocycles. The van der Waals surface area contributed by atoms with Gasteiger partial charge in [-0.1, -0.05) is 18.2 Å². The average Bonchev–Trinajstić information content (AvgIpc) is 3.37. The lowest BCUT2D eigenvalue weighted by atomic mass is 9.93. The van der Waals surface area contributed by atoms with Crippen molar-refractivity contribution in [3.63, 3.8) is 0 Å². The number of para-hydroxylation sites is 1. The number of halogens is 1. The molecule has 1 saturated heterocycles. The van der Waals surface area contributed by atoms with Gasteiger partial charge in [0.1, 0.15) is 15.7 Å². The number of aryl methyl sites for hydroxylation is 1. The van der Waals surface area contributed by atoms with Crippen LogP contribution in [0.2, 0.25) is 0 Å². The number of likely N-dealkylation sites (tertiary alicyclic amines) is 1. The average molecular weight is 420 g/mol. The van der Waals surface area contributed by atoms with E-state index in [2.05, 4.69) is 34.2 Å². The second-order valence-corrected chi connectivity index (χ2v) is 8.82. The molecular formula is C24H22FN3OS. The maximum absolute atomic E-state index is 13.2. The van der Waals surface area contributed by atoms with Crippen molar-refractivity contribution in [2.75, 3.05) is 13.1 Å². The quantitative estimate of drug-likeness (QED) is 0.459. The van der Waals surface area contributed by atoms with Crippen LogP contribution >= 0.6 is 11.3 Å². The van der Waals surface area contributed by atoms with Gasteiger partial charge in [-0.05, 0) is 61.5 Å². The predicted octanol–water partition coefficient (Wildman–Crippen LogP) is 5.76.